The van der Waals surface area contributed by atoms with Gasteiger partial charge in [-0.05, 0) is 102 Å². The number of hydrogen-bond donors (Lipinski definition) is 0. The normalized spacial score (nSPS) is 14.8. The zero-order valence-electron chi connectivity index (χ0n) is 27.2. The van der Waals surface area contributed by atoms with Crippen molar-refractivity contribution in [1.82, 2.24) is 9.13 Å². The number of fused-ring (bicyclic) bond motifs is 6. The van der Waals surface area contributed by atoms with Gasteiger partial charge in [-0.1, -0.05) is 85.8 Å². The SMILES string of the molecule is CC1CC=Cc2c1c1c(n2-c2cccc(-c3c(C#N)cccc3-c3ccccc3-n3c4ccccc4c4ccc(C#N)cc43)c2)C=CCC1. The molecule has 2 aliphatic carbocycles. The quantitative estimate of drug-likeness (QED) is 0.195. The van der Waals surface area contributed by atoms with Crippen LogP contribution in [-0.2, 0) is 6.42 Å². The van der Waals surface area contributed by atoms with Crippen LogP contribution in [0.25, 0.3) is 67.6 Å². The molecule has 0 bridgehead atoms. The molecule has 4 heteroatoms. The van der Waals surface area contributed by atoms with E-state index >= 15 is 0 Å². The number of rotatable bonds is 4. The highest BCUT2D eigenvalue weighted by Crippen LogP contribution is 2.44. The molecule has 9 rings (SSSR count). The summed E-state index contributed by atoms with van der Waals surface area (Å²) >= 11 is 0. The van der Waals surface area contributed by atoms with E-state index in [0.29, 0.717) is 17.0 Å². The molecular weight excluding hydrogens is 597 g/mol. The van der Waals surface area contributed by atoms with Crippen molar-refractivity contribution in [3.05, 3.63) is 155 Å². The second-order valence-electron chi connectivity index (χ2n) is 13.1. The maximum absolute atomic E-state index is 10.5. The van der Waals surface area contributed by atoms with Gasteiger partial charge in [-0.3, -0.25) is 0 Å². The Morgan fingerprint density at radius 2 is 1.47 bits per heavy atom. The molecule has 2 aliphatic rings. The first-order valence-electron chi connectivity index (χ1n) is 16.9. The molecule has 232 valence electrons. The molecule has 1 atom stereocenters. The van der Waals surface area contributed by atoms with E-state index in [9.17, 15) is 10.5 Å². The molecule has 0 saturated heterocycles. The van der Waals surface area contributed by atoms with Crippen LogP contribution in [-0.4, -0.2) is 9.13 Å². The van der Waals surface area contributed by atoms with Gasteiger partial charge in [0.2, 0.25) is 0 Å². The van der Waals surface area contributed by atoms with Gasteiger partial charge in [-0.15, -0.1) is 0 Å². The van der Waals surface area contributed by atoms with Crippen LogP contribution < -0.4 is 0 Å². The molecule has 0 aliphatic heterocycles. The summed E-state index contributed by atoms with van der Waals surface area (Å²) in [6.07, 6.45) is 12.4. The van der Waals surface area contributed by atoms with Crippen molar-refractivity contribution < 1.29 is 0 Å². The van der Waals surface area contributed by atoms with Gasteiger partial charge in [0.1, 0.15) is 0 Å². The molecule has 0 spiro atoms. The van der Waals surface area contributed by atoms with Gasteiger partial charge in [0.15, 0.2) is 0 Å². The lowest BCUT2D eigenvalue weighted by atomic mass is 9.87. The third kappa shape index (κ3) is 4.42. The average molecular weight is 629 g/mol. The Bertz CT molecular complexity index is 2630. The van der Waals surface area contributed by atoms with Crippen LogP contribution in [0.4, 0.5) is 0 Å². The van der Waals surface area contributed by atoms with E-state index in [1.54, 1.807) is 0 Å². The van der Waals surface area contributed by atoms with Crippen LogP contribution in [0.15, 0.2) is 121 Å². The first-order valence-corrected chi connectivity index (χ1v) is 16.9. The number of nitrogens with zero attached hydrogens (tertiary/aromatic N) is 4. The lowest BCUT2D eigenvalue weighted by Crippen LogP contribution is -2.04. The van der Waals surface area contributed by atoms with Gasteiger partial charge >= 0.3 is 0 Å². The minimum Gasteiger partial charge on any atom is -0.310 e. The zero-order valence-corrected chi connectivity index (χ0v) is 27.2. The van der Waals surface area contributed by atoms with Crippen molar-refractivity contribution in [3.8, 4) is 45.8 Å². The summed E-state index contributed by atoms with van der Waals surface area (Å²) in [6, 6.07) is 42.3. The zero-order chi connectivity index (χ0) is 33.1. The van der Waals surface area contributed by atoms with E-state index in [2.05, 4.69) is 131 Å². The minimum absolute atomic E-state index is 0.484. The summed E-state index contributed by atoms with van der Waals surface area (Å²) in [7, 11) is 0. The molecule has 0 saturated carbocycles. The summed E-state index contributed by atoms with van der Waals surface area (Å²) in [5, 5.41) is 22.6. The molecule has 49 heavy (non-hydrogen) atoms. The Kier molecular flexibility index (Phi) is 6.71. The molecule has 2 heterocycles. The lowest BCUT2D eigenvalue weighted by molar-refractivity contribution is 0.755. The summed E-state index contributed by atoms with van der Waals surface area (Å²) in [5.74, 6) is 0.484. The Hall–Kier alpha value is -6.36. The van der Waals surface area contributed by atoms with Gasteiger partial charge in [0, 0.05) is 39.0 Å². The molecule has 4 nitrogen and oxygen atoms in total. The molecule has 0 fully saturated rings. The van der Waals surface area contributed by atoms with Crippen LogP contribution in [0.3, 0.4) is 0 Å². The fourth-order valence-corrected chi connectivity index (χ4v) is 8.21. The van der Waals surface area contributed by atoms with E-state index in [1.807, 2.05) is 30.3 Å². The topological polar surface area (TPSA) is 57.4 Å². The maximum Gasteiger partial charge on any atom is 0.0998 e. The molecule has 7 aromatic rings. The standard InChI is InChI=1S/C45H32N4/c1-29-11-8-22-42-44(29)38-17-4-7-21-41(38)48(42)33-14-9-12-31(26-33)45-32(28-47)13-10-18-37(45)35-16-3-6-20-40(35)49-39-19-5-2-15-34(39)36-24-23-30(27-46)25-43(36)49/h2-3,5-10,12-16,18-26,29H,4,11,17H2,1H3. The summed E-state index contributed by atoms with van der Waals surface area (Å²) < 4.78 is 4.68. The smallest absolute Gasteiger partial charge is 0.0998 e. The van der Waals surface area contributed by atoms with Gasteiger partial charge < -0.3 is 9.13 Å². The van der Waals surface area contributed by atoms with E-state index in [4.69, 9.17) is 0 Å². The average Bonchev–Trinajstić information content (AvgIpc) is 3.67. The van der Waals surface area contributed by atoms with Crippen molar-refractivity contribution >= 4 is 34.0 Å². The molecule has 5 aromatic carbocycles. The Balaban J connectivity index is 1.28. The van der Waals surface area contributed by atoms with Crippen molar-refractivity contribution in [1.29, 1.82) is 10.5 Å². The number of hydrogen-bond acceptors (Lipinski definition) is 2. The second kappa shape index (κ2) is 11.4. The fraction of sp³-hybridized carbons (Fsp3) is 0.111. The highest BCUT2D eigenvalue weighted by Gasteiger charge is 2.27. The Labute approximate surface area is 285 Å². The number of para-hydroxylation sites is 2. The lowest BCUT2D eigenvalue weighted by Gasteiger charge is -2.19. The monoisotopic (exact) mass is 628 g/mol. The predicted molar refractivity (Wildman–Crippen MR) is 200 cm³/mol. The van der Waals surface area contributed by atoms with Gasteiger partial charge in [-0.25, -0.2) is 0 Å². The van der Waals surface area contributed by atoms with Crippen molar-refractivity contribution in [2.75, 3.05) is 0 Å². The number of nitriles is 2. The molecule has 0 amide bonds. The first-order chi connectivity index (χ1) is 24.2. The van der Waals surface area contributed by atoms with E-state index < -0.39 is 0 Å². The summed E-state index contributed by atoms with van der Waals surface area (Å²) in [4.78, 5) is 0. The fourth-order valence-electron chi connectivity index (χ4n) is 8.21. The molecule has 0 N–H and O–H groups in total. The largest absolute Gasteiger partial charge is 0.310 e. The van der Waals surface area contributed by atoms with E-state index in [1.165, 1.54) is 22.5 Å². The molecule has 0 radical (unpaired) electrons. The van der Waals surface area contributed by atoms with Crippen LogP contribution in [0.5, 0.6) is 0 Å². The van der Waals surface area contributed by atoms with Crippen LogP contribution >= 0.6 is 0 Å². The van der Waals surface area contributed by atoms with Gasteiger partial charge in [-0.2, -0.15) is 10.5 Å². The van der Waals surface area contributed by atoms with E-state index in [-0.39, 0.29) is 0 Å². The van der Waals surface area contributed by atoms with Crippen LogP contribution in [0.2, 0.25) is 0 Å². The Morgan fingerprint density at radius 3 is 2.37 bits per heavy atom. The van der Waals surface area contributed by atoms with Gasteiger partial charge in [0.05, 0.1) is 40.0 Å². The molecular formula is C45H32N4. The number of allylic oxidation sites excluding steroid dienone is 2. The summed E-state index contributed by atoms with van der Waals surface area (Å²) in [5.41, 5.74) is 14.8. The third-order valence-electron chi connectivity index (χ3n) is 10.3. The van der Waals surface area contributed by atoms with Crippen LogP contribution in [0.1, 0.15) is 59.3 Å². The second-order valence-corrected chi connectivity index (χ2v) is 13.1. The first kappa shape index (κ1) is 28.8. The van der Waals surface area contributed by atoms with Crippen molar-refractivity contribution in [2.45, 2.75) is 32.1 Å². The summed E-state index contributed by atoms with van der Waals surface area (Å²) in [6.45, 7) is 2.34. The number of benzene rings is 5. The maximum atomic E-state index is 10.5. The molecule has 1 unspecified atom stereocenters. The van der Waals surface area contributed by atoms with Crippen molar-refractivity contribution in [2.24, 2.45) is 0 Å². The predicted octanol–water partition coefficient (Wildman–Crippen LogP) is 11.1. The highest BCUT2D eigenvalue weighted by molar-refractivity contribution is 6.10. The highest BCUT2D eigenvalue weighted by atomic mass is 15.0. The molecule has 2 aromatic heterocycles. The Morgan fingerprint density at radius 1 is 0.673 bits per heavy atom. The van der Waals surface area contributed by atoms with Crippen molar-refractivity contribution in [3.63, 3.8) is 0 Å². The third-order valence-corrected chi connectivity index (χ3v) is 10.3. The van der Waals surface area contributed by atoms with Crippen LogP contribution in [0, 0.1) is 22.7 Å². The van der Waals surface area contributed by atoms with Gasteiger partial charge in [0.25, 0.3) is 0 Å². The minimum atomic E-state index is 0.484. The van der Waals surface area contributed by atoms with E-state index in [0.717, 1.165) is 74.7 Å². The number of aromatic nitrogens is 2.